The van der Waals surface area contributed by atoms with Gasteiger partial charge in [-0.1, -0.05) is 32.0 Å². The summed E-state index contributed by atoms with van der Waals surface area (Å²) in [5, 5.41) is 12.5. The third-order valence-corrected chi connectivity index (χ3v) is 2.39. The standard InChI is InChI=1S/C14H20N2O/c1-4-17-14-8-6-5-7-12(14)13(9-15)16-10-11(2)3/h5-8,11,13,16H,4,10H2,1-3H3. The Bertz CT molecular complexity index is 382. The van der Waals surface area contributed by atoms with E-state index in [1.165, 1.54) is 0 Å². The molecule has 0 fully saturated rings. The van der Waals surface area contributed by atoms with Crippen molar-refractivity contribution in [3.8, 4) is 11.8 Å². The second-order valence-corrected chi connectivity index (χ2v) is 4.34. The van der Waals surface area contributed by atoms with Gasteiger partial charge in [0.2, 0.25) is 0 Å². The summed E-state index contributed by atoms with van der Waals surface area (Å²) in [7, 11) is 0. The number of nitriles is 1. The number of nitrogens with one attached hydrogen (secondary N) is 1. The lowest BCUT2D eigenvalue weighted by molar-refractivity contribution is 0.333. The van der Waals surface area contributed by atoms with Crippen molar-refractivity contribution in [3.05, 3.63) is 29.8 Å². The van der Waals surface area contributed by atoms with E-state index in [0.29, 0.717) is 12.5 Å². The van der Waals surface area contributed by atoms with Gasteiger partial charge in [-0.2, -0.15) is 5.26 Å². The van der Waals surface area contributed by atoms with Gasteiger partial charge in [0.05, 0.1) is 12.7 Å². The van der Waals surface area contributed by atoms with Crippen LogP contribution < -0.4 is 10.1 Å². The van der Waals surface area contributed by atoms with Crippen molar-refractivity contribution in [3.63, 3.8) is 0 Å². The van der Waals surface area contributed by atoms with Gasteiger partial charge < -0.3 is 4.74 Å². The molecule has 1 aromatic carbocycles. The summed E-state index contributed by atoms with van der Waals surface area (Å²) >= 11 is 0. The van der Waals surface area contributed by atoms with E-state index in [9.17, 15) is 5.26 Å². The number of hydrogen-bond donors (Lipinski definition) is 1. The Balaban J connectivity index is 2.84. The highest BCUT2D eigenvalue weighted by atomic mass is 16.5. The molecule has 0 aliphatic heterocycles. The zero-order valence-electron chi connectivity index (χ0n) is 10.7. The van der Waals surface area contributed by atoms with Crippen LogP contribution in [0.15, 0.2) is 24.3 Å². The molecule has 0 saturated heterocycles. The number of rotatable bonds is 6. The Kier molecular flexibility index (Phi) is 5.51. The van der Waals surface area contributed by atoms with E-state index >= 15 is 0 Å². The number of ether oxygens (including phenoxy) is 1. The summed E-state index contributed by atoms with van der Waals surface area (Å²) in [5.74, 6) is 1.31. The highest BCUT2D eigenvalue weighted by Gasteiger charge is 2.14. The second kappa shape index (κ2) is 6.93. The fourth-order valence-electron chi connectivity index (χ4n) is 1.58. The van der Waals surface area contributed by atoms with Crippen LogP contribution in [0.25, 0.3) is 0 Å². The Labute approximate surface area is 103 Å². The predicted octanol–water partition coefficient (Wildman–Crippen LogP) is 2.90. The molecule has 0 saturated carbocycles. The predicted molar refractivity (Wildman–Crippen MR) is 68.8 cm³/mol. The number of hydrogen-bond acceptors (Lipinski definition) is 3. The minimum absolute atomic E-state index is 0.305. The summed E-state index contributed by atoms with van der Waals surface area (Å²) in [6, 6.07) is 9.67. The molecule has 1 unspecified atom stereocenters. The zero-order valence-corrected chi connectivity index (χ0v) is 10.7. The van der Waals surface area contributed by atoms with E-state index in [-0.39, 0.29) is 6.04 Å². The highest BCUT2D eigenvalue weighted by Crippen LogP contribution is 2.24. The molecule has 1 N–H and O–H groups in total. The average Bonchev–Trinajstić information content (AvgIpc) is 2.32. The van der Waals surface area contributed by atoms with E-state index in [0.717, 1.165) is 17.9 Å². The van der Waals surface area contributed by atoms with Gasteiger partial charge in [0.25, 0.3) is 0 Å². The van der Waals surface area contributed by atoms with E-state index in [2.05, 4.69) is 25.2 Å². The van der Waals surface area contributed by atoms with E-state index in [1.807, 2.05) is 31.2 Å². The Hall–Kier alpha value is -1.53. The number of para-hydroxylation sites is 1. The molecule has 0 spiro atoms. The maximum Gasteiger partial charge on any atom is 0.125 e. The molecule has 0 radical (unpaired) electrons. The van der Waals surface area contributed by atoms with Crippen LogP contribution in [-0.4, -0.2) is 13.2 Å². The lowest BCUT2D eigenvalue weighted by Crippen LogP contribution is -2.24. The molecule has 0 aliphatic rings. The second-order valence-electron chi connectivity index (χ2n) is 4.34. The molecule has 1 atom stereocenters. The molecule has 3 heteroatoms. The molecule has 3 nitrogen and oxygen atoms in total. The minimum atomic E-state index is -0.305. The topological polar surface area (TPSA) is 45.0 Å². The SMILES string of the molecule is CCOc1ccccc1C(C#N)NCC(C)C. The number of nitrogens with zero attached hydrogens (tertiary/aromatic N) is 1. The lowest BCUT2D eigenvalue weighted by Gasteiger charge is -2.17. The van der Waals surface area contributed by atoms with Crippen LogP contribution in [0.3, 0.4) is 0 Å². The van der Waals surface area contributed by atoms with Crippen LogP contribution in [0.5, 0.6) is 5.75 Å². The first-order valence-corrected chi connectivity index (χ1v) is 6.03. The van der Waals surface area contributed by atoms with Crippen LogP contribution in [0.4, 0.5) is 0 Å². The monoisotopic (exact) mass is 232 g/mol. The van der Waals surface area contributed by atoms with Gasteiger partial charge in [0.15, 0.2) is 0 Å². The zero-order chi connectivity index (χ0) is 12.7. The largest absolute Gasteiger partial charge is 0.493 e. The van der Waals surface area contributed by atoms with Gasteiger partial charge in [0, 0.05) is 5.56 Å². The molecule has 0 aliphatic carbocycles. The van der Waals surface area contributed by atoms with Gasteiger partial charge in [-0.05, 0) is 25.5 Å². The van der Waals surface area contributed by atoms with Crippen molar-refractivity contribution in [2.45, 2.75) is 26.8 Å². The summed E-state index contributed by atoms with van der Waals surface area (Å²) in [6.45, 7) is 7.61. The minimum Gasteiger partial charge on any atom is -0.493 e. The molecular formula is C14H20N2O. The first-order chi connectivity index (χ1) is 8.19. The van der Waals surface area contributed by atoms with Gasteiger partial charge in [-0.25, -0.2) is 0 Å². The van der Waals surface area contributed by atoms with Crippen molar-refractivity contribution in [1.82, 2.24) is 5.32 Å². The Morgan fingerprint density at radius 3 is 2.65 bits per heavy atom. The molecule has 17 heavy (non-hydrogen) atoms. The molecule has 0 amide bonds. The number of benzene rings is 1. The van der Waals surface area contributed by atoms with Gasteiger partial charge >= 0.3 is 0 Å². The highest BCUT2D eigenvalue weighted by molar-refractivity contribution is 5.38. The maximum absolute atomic E-state index is 9.22. The van der Waals surface area contributed by atoms with Crippen molar-refractivity contribution < 1.29 is 4.74 Å². The average molecular weight is 232 g/mol. The molecule has 0 bridgehead atoms. The molecule has 92 valence electrons. The van der Waals surface area contributed by atoms with Crippen LogP contribution in [-0.2, 0) is 0 Å². The van der Waals surface area contributed by atoms with Crippen molar-refractivity contribution in [2.75, 3.05) is 13.2 Å². The quantitative estimate of drug-likeness (QED) is 0.820. The van der Waals surface area contributed by atoms with Gasteiger partial charge in [-0.3, -0.25) is 5.32 Å². The normalized spacial score (nSPS) is 12.2. The third kappa shape index (κ3) is 4.08. The Morgan fingerprint density at radius 1 is 1.35 bits per heavy atom. The van der Waals surface area contributed by atoms with E-state index in [4.69, 9.17) is 4.74 Å². The Morgan fingerprint density at radius 2 is 2.06 bits per heavy atom. The molecule has 0 aromatic heterocycles. The fourth-order valence-corrected chi connectivity index (χ4v) is 1.58. The van der Waals surface area contributed by atoms with Crippen molar-refractivity contribution in [2.24, 2.45) is 5.92 Å². The first-order valence-electron chi connectivity index (χ1n) is 6.03. The molecule has 1 aromatic rings. The van der Waals surface area contributed by atoms with Crippen molar-refractivity contribution >= 4 is 0 Å². The summed E-state index contributed by atoms with van der Waals surface area (Å²) in [4.78, 5) is 0. The molecule has 1 rings (SSSR count). The fraction of sp³-hybridized carbons (Fsp3) is 0.500. The van der Waals surface area contributed by atoms with Crippen molar-refractivity contribution in [1.29, 1.82) is 5.26 Å². The smallest absolute Gasteiger partial charge is 0.125 e. The van der Waals surface area contributed by atoms with E-state index in [1.54, 1.807) is 0 Å². The summed E-state index contributed by atoms with van der Waals surface area (Å²) in [6.07, 6.45) is 0. The van der Waals surface area contributed by atoms with Gasteiger partial charge in [-0.15, -0.1) is 0 Å². The van der Waals surface area contributed by atoms with E-state index < -0.39 is 0 Å². The molecule has 0 heterocycles. The van der Waals surface area contributed by atoms with Gasteiger partial charge in [0.1, 0.15) is 11.8 Å². The van der Waals surface area contributed by atoms with Crippen LogP contribution >= 0.6 is 0 Å². The third-order valence-electron chi connectivity index (χ3n) is 2.39. The summed E-state index contributed by atoms with van der Waals surface area (Å²) < 4.78 is 5.54. The molecular weight excluding hydrogens is 212 g/mol. The van der Waals surface area contributed by atoms with Crippen LogP contribution in [0, 0.1) is 17.2 Å². The summed E-state index contributed by atoms with van der Waals surface area (Å²) in [5.41, 5.74) is 0.914. The van der Waals surface area contributed by atoms with Crippen LogP contribution in [0.2, 0.25) is 0 Å². The van der Waals surface area contributed by atoms with Crippen LogP contribution in [0.1, 0.15) is 32.4 Å². The first kappa shape index (κ1) is 13.5. The maximum atomic E-state index is 9.22. The lowest BCUT2D eigenvalue weighted by atomic mass is 10.1.